The van der Waals surface area contributed by atoms with Crippen molar-refractivity contribution < 1.29 is 14.3 Å². The normalized spacial score (nSPS) is 21.9. The summed E-state index contributed by atoms with van der Waals surface area (Å²) >= 11 is 0. The fraction of sp³-hybridized carbons (Fsp3) is 0.292. The van der Waals surface area contributed by atoms with Crippen LogP contribution in [0.3, 0.4) is 0 Å². The van der Waals surface area contributed by atoms with Gasteiger partial charge in [-0.2, -0.15) is 0 Å². The van der Waals surface area contributed by atoms with Crippen LogP contribution >= 0.6 is 0 Å². The number of likely N-dealkylation sites (tertiary alicyclic amines) is 1. The van der Waals surface area contributed by atoms with Crippen LogP contribution in [0.5, 0.6) is 5.75 Å². The third kappa shape index (κ3) is 2.91. The lowest BCUT2D eigenvalue weighted by molar-refractivity contribution is -0.133. The van der Waals surface area contributed by atoms with Crippen LogP contribution in [0.15, 0.2) is 54.9 Å². The zero-order valence-electron chi connectivity index (χ0n) is 17.5. The van der Waals surface area contributed by atoms with Gasteiger partial charge in [-0.05, 0) is 42.7 Å². The van der Waals surface area contributed by atoms with Crippen LogP contribution in [0.4, 0.5) is 5.69 Å². The first-order valence-corrected chi connectivity index (χ1v) is 10.4. The molecular formula is C24H24N4O3. The second-order valence-electron chi connectivity index (χ2n) is 8.14. The van der Waals surface area contributed by atoms with E-state index in [1.54, 1.807) is 13.4 Å². The number of carbonyl (C=O) groups is 2. The van der Waals surface area contributed by atoms with Gasteiger partial charge < -0.3 is 19.9 Å². The highest BCUT2D eigenvalue weighted by atomic mass is 16.5. The van der Waals surface area contributed by atoms with E-state index in [9.17, 15) is 9.59 Å². The number of anilines is 1. The number of H-pyrrole nitrogens is 1. The molecule has 31 heavy (non-hydrogen) atoms. The fourth-order valence-electron chi connectivity index (χ4n) is 5.04. The molecular weight excluding hydrogens is 392 g/mol. The van der Waals surface area contributed by atoms with Gasteiger partial charge in [-0.3, -0.25) is 9.59 Å². The Labute approximate surface area is 180 Å². The average molecular weight is 416 g/mol. The van der Waals surface area contributed by atoms with E-state index in [1.165, 1.54) is 0 Å². The molecule has 2 aliphatic rings. The van der Waals surface area contributed by atoms with Crippen molar-refractivity contribution >= 4 is 17.5 Å². The molecule has 7 nitrogen and oxygen atoms in total. The first kappa shape index (κ1) is 19.4. The molecule has 1 fully saturated rings. The topological polar surface area (TPSA) is 87.3 Å². The number of imidazole rings is 1. The lowest BCUT2D eigenvalue weighted by Gasteiger charge is -2.34. The van der Waals surface area contributed by atoms with Crippen LogP contribution in [-0.4, -0.2) is 40.3 Å². The summed E-state index contributed by atoms with van der Waals surface area (Å²) in [7, 11) is 1.62. The molecule has 2 N–H and O–H groups in total. The molecule has 2 atom stereocenters. The molecule has 2 amide bonds. The Morgan fingerprint density at radius 2 is 2.10 bits per heavy atom. The predicted molar refractivity (Wildman–Crippen MR) is 116 cm³/mol. The van der Waals surface area contributed by atoms with Gasteiger partial charge in [0.2, 0.25) is 11.8 Å². The van der Waals surface area contributed by atoms with Crippen molar-refractivity contribution in [2.75, 3.05) is 19.0 Å². The third-order valence-electron chi connectivity index (χ3n) is 6.57. The Morgan fingerprint density at radius 1 is 1.26 bits per heavy atom. The SMILES string of the molecule is COc1cccc(C2N(C(=O)Cc3nc[nH]c3C)CCC23C(=O)Nc2ccccc23)c1. The summed E-state index contributed by atoms with van der Waals surface area (Å²) in [4.78, 5) is 36.1. The van der Waals surface area contributed by atoms with Crippen molar-refractivity contribution in [1.82, 2.24) is 14.9 Å². The molecule has 1 saturated heterocycles. The number of aryl methyl sites for hydroxylation is 1. The van der Waals surface area contributed by atoms with Gasteiger partial charge in [0, 0.05) is 17.9 Å². The van der Waals surface area contributed by atoms with Gasteiger partial charge in [-0.1, -0.05) is 30.3 Å². The Morgan fingerprint density at radius 3 is 2.87 bits per heavy atom. The van der Waals surface area contributed by atoms with E-state index in [-0.39, 0.29) is 18.2 Å². The highest BCUT2D eigenvalue weighted by Crippen LogP contribution is 2.55. The van der Waals surface area contributed by atoms with Crippen molar-refractivity contribution in [2.24, 2.45) is 0 Å². The largest absolute Gasteiger partial charge is 0.497 e. The van der Waals surface area contributed by atoms with E-state index in [0.29, 0.717) is 18.7 Å². The van der Waals surface area contributed by atoms with Crippen molar-refractivity contribution in [3.63, 3.8) is 0 Å². The number of methoxy groups -OCH3 is 1. The second-order valence-corrected chi connectivity index (χ2v) is 8.14. The van der Waals surface area contributed by atoms with Crippen molar-refractivity contribution in [2.45, 2.75) is 31.2 Å². The number of amides is 2. The maximum Gasteiger partial charge on any atom is 0.237 e. The Balaban J connectivity index is 1.62. The molecule has 3 heterocycles. The number of fused-ring (bicyclic) bond motifs is 2. The first-order valence-electron chi connectivity index (χ1n) is 10.4. The van der Waals surface area contributed by atoms with E-state index >= 15 is 0 Å². The van der Waals surface area contributed by atoms with E-state index in [4.69, 9.17) is 4.74 Å². The number of hydrogen-bond donors (Lipinski definition) is 2. The van der Waals surface area contributed by atoms with Gasteiger partial charge in [-0.25, -0.2) is 4.98 Å². The van der Waals surface area contributed by atoms with Gasteiger partial charge in [0.25, 0.3) is 0 Å². The molecule has 2 aromatic carbocycles. The minimum absolute atomic E-state index is 0.0444. The highest BCUT2D eigenvalue weighted by Gasteiger charge is 2.59. The van der Waals surface area contributed by atoms with Crippen molar-refractivity contribution in [1.29, 1.82) is 0 Å². The van der Waals surface area contributed by atoms with E-state index in [0.717, 1.165) is 28.2 Å². The number of hydrogen-bond acceptors (Lipinski definition) is 4. The minimum Gasteiger partial charge on any atom is -0.497 e. The van der Waals surface area contributed by atoms with Crippen molar-refractivity contribution in [3.05, 3.63) is 77.4 Å². The summed E-state index contributed by atoms with van der Waals surface area (Å²) in [6.45, 7) is 2.40. The summed E-state index contributed by atoms with van der Waals surface area (Å²) in [6, 6.07) is 15.0. The standard InChI is InChI=1S/C24H24N4O3/c1-15-20(26-14-25-15)13-21(29)28-11-10-24(18-8-3-4-9-19(18)27-23(24)30)22(28)16-6-5-7-17(12-16)31-2/h3-9,12,14,22H,10-11,13H2,1-2H3,(H,25,26)(H,27,30). The molecule has 0 bridgehead atoms. The summed E-state index contributed by atoms with van der Waals surface area (Å²) in [5, 5.41) is 3.05. The number of nitrogens with one attached hydrogen (secondary N) is 2. The molecule has 7 heteroatoms. The van der Waals surface area contributed by atoms with Gasteiger partial charge in [0.15, 0.2) is 0 Å². The smallest absolute Gasteiger partial charge is 0.237 e. The van der Waals surface area contributed by atoms with E-state index in [2.05, 4.69) is 15.3 Å². The number of benzene rings is 2. The maximum atomic E-state index is 13.5. The van der Waals surface area contributed by atoms with Crippen LogP contribution in [-0.2, 0) is 21.4 Å². The van der Waals surface area contributed by atoms with Crippen LogP contribution in [0.25, 0.3) is 0 Å². The Kier molecular flexibility index (Phi) is 4.54. The molecule has 2 aliphatic heterocycles. The van der Waals surface area contributed by atoms with Gasteiger partial charge in [0.05, 0.1) is 31.6 Å². The minimum atomic E-state index is -0.834. The van der Waals surface area contributed by atoms with Gasteiger partial charge in [0.1, 0.15) is 11.2 Å². The molecule has 0 saturated carbocycles. The number of para-hydroxylation sites is 1. The fourth-order valence-corrected chi connectivity index (χ4v) is 5.04. The van der Waals surface area contributed by atoms with Crippen LogP contribution < -0.4 is 10.1 Å². The molecule has 2 unspecified atom stereocenters. The second kappa shape index (κ2) is 7.27. The molecule has 1 spiro atoms. The number of aromatic amines is 1. The molecule has 0 aliphatic carbocycles. The average Bonchev–Trinajstić information content (AvgIpc) is 3.46. The monoisotopic (exact) mass is 416 g/mol. The van der Waals surface area contributed by atoms with E-state index in [1.807, 2.05) is 60.4 Å². The third-order valence-corrected chi connectivity index (χ3v) is 6.57. The molecule has 1 aromatic heterocycles. The number of aromatic nitrogens is 2. The summed E-state index contributed by atoms with van der Waals surface area (Å²) < 4.78 is 5.44. The zero-order chi connectivity index (χ0) is 21.6. The molecule has 0 radical (unpaired) electrons. The highest BCUT2D eigenvalue weighted by molar-refractivity contribution is 6.07. The van der Waals surface area contributed by atoms with Gasteiger partial charge >= 0.3 is 0 Å². The lowest BCUT2D eigenvalue weighted by Crippen LogP contribution is -2.43. The zero-order valence-corrected chi connectivity index (χ0v) is 17.5. The molecule has 5 rings (SSSR count). The maximum absolute atomic E-state index is 13.5. The quantitative estimate of drug-likeness (QED) is 0.684. The van der Waals surface area contributed by atoms with Crippen LogP contribution in [0.1, 0.15) is 35.0 Å². The Hall–Kier alpha value is -3.61. The Bertz CT molecular complexity index is 1170. The number of carbonyl (C=O) groups excluding carboxylic acids is 2. The lowest BCUT2D eigenvalue weighted by atomic mass is 9.72. The van der Waals surface area contributed by atoms with Crippen molar-refractivity contribution in [3.8, 4) is 5.75 Å². The summed E-state index contributed by atoms with van der Waals surface area (Å²) in [6.07, 6.45) is 2.35. The molecule has 158 valence electrons. The number of nitrogens with zero attached hydrogens (tertiary/aromatic N) is 2. The predicted octanol–water partition coefficient (Wildman–Crippen LogP) is 3.13. The van der Waals surface area contributed by atoms with Crippen LogP contribution in [0, 0.1) is 6.92 Å². The van der Waals surface area contributed by atoms with E-state index < -0.39 is 11.5 Å². The first-order chi connectivity index (χ1) is 15.0. The van der Waals surface area contributed by atoms with Crippen LogP contribution in [0.2, 0.25) is 0 Å². The molecule has 3 aromatic rings. The number of rotatable bonds is 4. The number of ether oxygens (including phenoxy) is 1. The van der Waals surface area contributed by atoms with Gasteiger partial charge in [-0.15, -0.1) is 0 Å². The summed E-state index contributed by atoms with van der Waals surface area (Å²) in [5.41, 5.74) is 3.42. The summed E-state index contributed by atoms with van der Waals surface area (Å²) in [5.74, 6) is 0.589.